The van der Waals surface area contributed by atoms with Crippen molar-refractivity contribution in [3.05, 3.63) is 100 Å². The van der Waals surface area contributed by atoms with Gasteiger partial charge in [-0.3, -0.25) is 5.01 Å². The summed E-state index contributed by atoms with van der Waals surface area (Å²) < 4.78 is 13.0. The molecule has 0 spiro atoms. The molecule has 0 aliphatic carbocycles. The molecule has 3 rings (SSSR count). The normalized spacial score (nSPS) is 12.6. The van der Waals surface area contributed by atoms with Gasteiger partial charge in [0, 0.05) is 32.0 Å². The molecule has 2 unspecified atom stereocenters. The molecule has 6 heteroatoms. The predicted octanol–water partition coefficient (Wildman–Crippen LogP) is 5.85. The minimum Gasteiger partial charge on any atom is -0.485 e. The van der Waals surface area contributed by atoms with E-state index in [0.717, 1.165) is 41.2 Å². The zero-order chi connectivity index (χ0) is 23.5. The van der Waals surface area contributed by atoms with Gasteiger partial charge in [-0.05, 0) is 43.8 Å². The number of benzene rings is 3. The molecule has 33 heavy (non-hydrogen) atoms. The summed E-state index contributed by atoms with van der Waals surface area (Å²) in [4.78, 5) is 10.8. The molecule has 0 heterocycles. The third kappa shape index (κ3) is 7.05. The van der Waals surface area contributed by atoms with Crippen molar-refractivity contribution in [3.63, 3.8) is 0 Å². The van der Waals surface area contributed by atoms with Gasteiger partial charge < -0.3 is 14.8 Å². The molecular weight excluding hydrogens is 414 g/mol. The van der Waals surface area contributed by atoms with E-state index in [1.807, 2.05) is 80.7 Å². The Kier molecular flexibility index (Phi) is 9.27. The van der Waals surface area contributed by atoms with Gasteiger partial charge in [-0.2, -0.15) is 0 Å². The quantitative estimate of drug-likeness (QED) is 0.263. The van der Waals surface area contributed by atoms with Crippen LogP contribution in [0.15, 0.2) is 84.1 Å². The number of hydrogen-bond donors (Lipinski definition) is 1. The lowest BCUT2D eigenvalue weighted by Gasteiger charge is -2.24. The molecule has 0 saturated carbocycles. The van der Waals surface area contributed by atoms with Crippen LogP contribution in [0, 0.1) is 11.8 Å². The van der Waals surface area contributed by atoms with Gasteiger partial charge in [0.1, 0.15) is 23.7 Å². The Morgan fingerprint density at radius 1 is 0.818 bits per heavy atom. The van der Waals surface area contributed by atoms with Crippen LogP contribution in [0.1, 0.15) is 41.7 Å². The Morgan fingerprint density at radius 2 is 1.33 bits per heavy atom. The summed E-state index contributed by atoms with van der Waals surface area (Å²) in [7, 11) is 3.62. The van der Waals surface area contributed by atoms with Gasteiger partial charge in [-0.1, -0.05) is 66.7 Å². The van der Waals surface area contributed by atoms with Crippen molar-refractivity contribution < 1.29 is 9.47 Å². The molecule has 3 aromatic rings. The number of nitrogens with one attached hydrogen (secondary N) is 1. The maximum absolute atomic E-state index is 10.8. The lowest BCUT2D eigenvalue weighted by Crippen LogP contribution is -2.18. The average Bonchev–Trinajstić information content (AvgIpc) is 2.86. The summed E-state index contributed by atoms with van der Waals surface area (Å²) in [5.41, 5.74) is 3.15. The van der Waals surface area contributed by atoms with Gasteiger partial charge in [0.15, 0.2) is 0 Å². The molecule has 0 bridgehead atoms. The van der Waals surface area contributed by atoms with E-state index in [2.05, 4.69) is 22.7 Å². The van der Waals surface area contributed by atoms with E-state index in [9.17, 15) is 4.91 Å². The van der Waals surface area contributed by atoms with Crippen molar-refractivity contribution in [2.45, 2.75) is 32.0 Å². The van der Waals surface area contributed by atoms with Crippen molar-refractivity contribution in [1.29, 1.82) is 0 Å². The van der Waals surface area contributed by atoms with E-state index in [4.69, 9.17) is 9.47 Å². The fourth-order valence-electron chi connectivity index (χ4n) is 3.70. The number of ether oxygens (including phenoxy) is 2. The summed E-state index contributed by atoms with van der Waals surface area (Å²) in [6.07, 6.45) is 1.21. The molecule has 0 saturated heterocycles. The summed E-state index contributed by atoms with van der Waals surface area (Å²) in [5, 5.41) is 7.58. The van der Waals surface area contributed by atoms with Crippen LogP contribution < -0.4 is 14.8 Å². The monoisotopic (exact) mass is 447 g/mol. The van der Waals surface area contributed by atoms with E-state index >= 15 is 0 Å². The van der Waals surface area contributed by atoms with Gasteiger partial charge in [0.05, 0.1) is 5.29 Å². The Bertz CT molecular complexity index is 982. The lowest BCUT2D eigenvalue weighted by atomic mass is 10.1. The minimum atomic E-state index is -0.210. The van der Waals surface area contributed by atoms with Crippen LogP contribution in [0.4, 0.5) is 0 Å². The first kappa shape index (κ1) is 24.3. The second-order valence-corrected chi connectivity index (χ2v) is 8.06. The highest BCUT2D eigenvalue weighted by Crippen LogP contribution is 2.35. The van der Waals surface area contributed by atoms with E-state index in [1.165, 1.54) is 5.01 Å². The molecule has 174 valence electrons. The van der Waals surface area contributed by atoms with Crippen LogP contribution in [0.25, 0.3) is 0 Å². The molecule has 0 aromatic heterocycles. The predicted molar refractivity (Wildman–Crippen MR) is 132 cm³/mol. The topological polar surface area (TPSA) is 63.2 Å². The van der Waals surface area contributed by atoms with Crippen molar-refractivity contribution in [2.75, 3.05) is 27.2 Å². The van der Waals surface area contributed by atoms with Crippen molar-refractivity contribution in [2.24, 2.45) is 5.29 Å². The minimum absolute atomic E-state index is 0.0650. The van der Waals surface area contributed by atoms with Gasteiger partial charge in [0.2, 0.25) is 0 Å². The van der Waals surface area contributed by atoms with Crippen LogP contribution >= 0.6 is 0 Å². The molecule has 0 fully saturated rings. The SMILES string of the molecule is CNCCC(Oc1cccc(OC(CCN(C)N=O)c2ccccc2)c1C)c1ccccc1. The fourth-order valence-corrected chi connectivity index (χ4v) is 3.70. The number of nitroso groups, excluding NO2 is 1. The summed E-state index contributed by atoms with van der Waals surface area (Å²) >= 11 is 0. The average molecular weight is 448 g/mol. The van der Waals surface area contributed by atoms with Gasteiger partial charge in [-0.15, -0.1) is 4.91 Å². The molecule has 0 radical (unpaired) electrons. The van der Waals surface area contributed by atoms with E-state index in [1.54, 1.807) is 7.05 Å². The standard InChI is InChI=1S/C27H33N3O3/c1-21-24(32-26(17-19-28-2)22-11-6-4-7-12-22)15-10-16-25(21)33-27(18-20-30(3)29-31)23-13-8-5-9-14-23/h4-16,26-28H,17-20H2,1-3H3. The first-order chi connectivity index (χ1) is 16.1. The first-order valence-corrected chi connectivity index (χ1v) is 11.3. The van der Waals surface area contributed by atoms with E-state index in [-0.39, 0.29) is 12.2 Å². The number of nitrogens with zero attached hydrogens (tertiary/aromatic N) is 2. The Hall–Kier alpha value is -3.38. The van der Waals surface area contributed by atoms with E-state index < -0.39 is 0 Å². The van der Waals surface area contributed by atoms with Crippen molar-refractivity contribution >= 4 is 0 Å². The zero-order valence-corrected chi connectivity index (χ0v) is 19.6. The molecule has 1 N–H and O–H groups in total. The maximum atomic E-state index is 10.8. The highest BCUT2D eigenvalue weighted by molar-refractivity contribution is 5.44. The third-order valence-electron chi connectivity index (χ3n) is 5.63. The van der Waals surface area contributed by atoms with Gasteiger partial charge >= 0.3 is 0 Å². The van der Waals surface area contributed by atoms with Crippen molar-refractivity contribution in [1.82, 2.24) is 10.3 Å². The Labute approximate surface area is 196 Å². The number of hydrogen-bond acceptors (Lipinski definition) is 5. The second-order valence-electron chi connectivity index (χ2n) is 8.06. The number of rotatable bonds is 13. The maximum Gasteiger partial charge on any atom is 0.126 e. The Morgan fingerprint density at radius 3 is 1.82 bits per heavy atom. The van der Waals surface area contributed by atoms with Gasteiger partial charge in [-0.25, -0.2) is 0 Å². The highest BCUT2D eigenvalue weighted by atomic mass is 16.5. The second kappa shape index (κ2) is 12.6. The largest absolute Gasteiger partial charge is 0.485 e. The van der Waals surface area contributed by atoms with Gasteiger partial charge in [0.25, 0.3) is 0 Å². The van der Waals surface area contributed by atoms with Crippen LogP contribution in [-0.2, 0) is 0 Å². The molecule has 3 aromatic carbocycles. The molecular formula is C27H33N3O3. The molecule has 0 aliphatic rings. The molecule has 6 nitrogen and oxygen atoms in total. The first-order valence-electron chi connectivity index (χ1n) is 11.3. The van der Waals surface area contributed by atoms with Crippen LogP contribution in [0.3, 0.4) is 0 Å². The molecule has 0 amide bonds. The summed E-state index contributed by atoms with van der Waals surface area (Å²) in [5.74, 6) is 1.57. The van der Waals surface area contributed by atoms with Crippen molar-refractivity contribution in [3.8, 4) is 11.5 Å². The van der Waals surface area contributed by atoms with Crippen LogP contribution in [0.2, 0.25) is 0 Å². The highest BCUT2D eigenvalue weighted by Gasteiger charge is 2.19. The molecule has 2 atom stereocenters. The molecule has 0 aliphatic heterocycles. The van der Waals surface area contributed by atoms with E-state index in [0.29, 0.717) is 13.0 Å². The van der Waals surface area contributed by atoms with Crippen LogP contribution in [-0.4, -0.2) is 32.2 Å². The lowest BCUT2D eigenvalue weighted by molar-refractivity contribution is 0.167. The Balaban J connectivity index is 1.82. The van der Waals surface area contributed by atoms with Crippen LogP contribution in [0.5, 0.6) is 11.5 Å². The zero-order valence-electron chi connectivity index (χ0n) is 19.6. The third-order valence-corrected chi connectivity index (χ3v) is 5.63. The fraction of sp³-hybridized carbons (Fsp3) is 0.333. The smallest absolute Gasteiger partial charge is 0.126 e. The summed E-state index contributed by atoms with van der Waals surface area (Å²) in [6, 6.07) is 26.2. The summed E-state index contributed by atoms with van der Waals surface area (Å²) in [6.45, 7) is 3.37.